The molecule has 0 aliphatic heterocycles. The average molecular weight is 315 g/mol. The second-order valence-corrected chi connectivity index (χ2v) is 11.4. The molecule has 3 heteroatoms. The summed E-state index contributed by atoms with van der Waals surface area (Å²) in [4.78, 5) is 0. The lowest BCUT2D eigenvalue weighted by atomic mass is 9.99. The fraction of sp³-hybridized carbons (Fsp3) is 0.571. The molecule has 0 aliphatic rings. The van der Waals surface area contributed by atoms with Gasteiger partial charge in [-0.15, -0.1) is 0 Å². The van der Waals surface area contributed by atoms with E-state index >= 15 is 0 Å². The van der Waals surface area contributed by atoms with Crippen molar-refractivity contribution in [1.29, 1.82) is 0 Å². The van der Waals surface area contributed by atoms with Gasteiger partial charge in [0.25, 0.3) is 8.32 Å². The van der Waals surface area contributed by atoms with E-state index in [9.17, 15) is 0 Å². The molecule has 0 aromatic heterocycles. The lowest BCUT2D eigenvalue weighted by Crippen LogP contribution is -2.47. The number of rotatable bonds is 4. The summed E-state index contributed by atoms with van der Waals surface area (Å²) >= 11 is 3.44. The van der Waals surface area contributed by atoms with E-state index < -0.39 is 8.32 Å². The van der Waals surface area contributed by atoms with Crippen LogP contribution in [0.1, 0.15) is 27.7 Å². The molecule has 0 unspecified atom stereocenters. The first-order valence-electron chi connectivity index (χ1n) is 6.11. The highest BCUT2D eigenvalue weighted by molar-refractivity contribution is 9.10. The molecule has 0 saturated heterocycles. The molecule has 0 saturated carbocycles. The summed E-state index contributed by atoms with van der Waals surface area (Å²) in [6, 6.07) is 8.13. The van der Waals surface area contributed by atoms with Crippen LogP contribution < -0.4 is 4.43 Å². The zero-order chi connectivity index (χ0) is 13.3. The summed E-state index contributed by atoms with van der Waals surface area (Å²) in [5, 5.41) is 0.250. The lowest BCUT2D eigenvalue weighted by molar-refractivity contribution is 0.394. The van der Waals surface area contributed by atoms with Gasteiger partial charge in [0.2, 0.25) is 0 Å². The Morgan fingerprint density at radius 2 is 1.59 bits per heavy atom. The Hall–Kier alpha value is -0.283. The lowest BCUT2D eigenvalue weighted by Gasteiger charge is -2.42. The van der Waals surface area contributed by atoms with Gasteiger partial charge in [-0.3, -0.25) is 0 Å². The van der Waals surface area contributed by atoms with Gasteiger partial charge in [-0.05, 0) is 48.3 Å². The summed E-state index contributed by atoms with van der Waals surface area (Å²) in [5.41, 5.74) is 0. The standard InChI is InChI=1S/C14H23BrOSi/c1-11(2)14(3,4)17(5,6)16-13-9-7-12(15)8-10-13/h7-11H,1-6H3. The minimum Gasteiger partial charge on any atom is -0.543 e. The maximum atomic E-state index is 6.30. The SMILES string of the molecule is CC(C)C(C)(C)[Si](C)(C)Oc1ccc(Br)cc1. The van der Waals surface area contributed by atoms with Crippen LogP contribution in [0.2, 0.25) is 18.1 Å². The second kappa shape index (κ2) is 5.15. The molecule has 1 aromatic rings. The number of halogens is 1. The summed E-state index contributed by atoms with van der Waals surface area (Å²) in [6.07, 6.45) is 0. The van der Waals surface area contributed by atoms with Gasteiger partial charge >= 0.3 is 0 Å². The maximum absolute atomic E-state index is 6.30. The van der Waals surface area contributed by atoms with Crippen LogP contribution in [0, 0.1) is 5.92 Å². The fourth-order valence-corrected chi connectivity index (χ4v) is 4.27. The highest BCUT2D eigenvalue weighted by atomic mass is 79.9. The second-order valence-electron chi connectivity index (χ2n) is 5.94. The van der Waals surface area contributed by atoms with E-state index in [4.69, 9.17) is 4.43 Å². The molecule has 0 bridgehead atoms. The molecule has 1 rings (SSSR count). The first-order valence-corrected chi connectivity index (χ1v) is 9.81. The zero-order valence-corrected chi connectivity index (χ0v) is 14.3. The third-order valence-corrected chi connectivity index (χ3v) is 9.14. The topological polar surface area (TPSA) is 9.23 Å². The zero-order valence-electron chi connectivity index (χ0n) is 11.7. The van der Waals surface area contributed by atoms with Crippen molar-refractivity contribution in [2.24, 2.45) is 5.92 Å². The van der Waals surface area contributed by atoms with Gasteiger partial charge in [0, 0.05) is 4.47 Å². The van der Waals surface area contributed by atoms with Crippen LogP contribution >= 0.6 is 15.9 Å². The highest BCUT2D eigenvalue weighted by Gasteiger charge is 2.44. The first kappa shape index (κ1) is 14.8. The Bertz CT molecular complexity index is 368. The van der Waals surface area contributed by atoms with E-state index in [2.05, 4.69) is 56.7 Å². The predicted molar refractivity (Wildman–Crippen MR) is 81.1 cm³/mol. The normalized spacial score (nSPS) is 12.9. The van der Waals surface area contributed by atoms with E-state index in [1.165, 1.54) is 0 Å². The average Bonchev–Trinajstić information content (AvgIpc) is 2.20. The molecule has 0 heterocycles. The summed E-state index contributed by atoms with van der Waals surface area (Å²) in [5.74, 6) is 1.61. The highest BCUT2D eigenvalue weighted by Crippen LogP contribution is 2.44. The summed E-state index contributed by atoms with van der Waals surface area (Å²) in [6.45, 7) is 13.8. The summed E-state index contributed by atoms with van der Waals surface area (Å²) < 4.78 is 7.39. The van der Waals surface area contributed by atoms with Crippen LogP contribution in [0.15, 0.2) is 28.7 Å². The summed E-state index contributed by atoms with van der Waals surface area (Å²) in [7, 11) is -1.77. The van der Waals surface area contributed by atoms with E-state index in [0.29, 0.717) is 5.92 Å². The molecule has 0 spiro atoms. The van der Waals surface area contributed by atoms with Crippen molar-refractivity contribution in [3.05, 3.63) is 28.7 Å². The molecule has 17 heavy (non-hydrogen) atoms. The predicted octanol–water partition coefficient (Wildman–Crippen LogP) is 5.47. The molecule has 1 aromatic carbocycles. The Labute approximate surface area is 115 Å². The van der Waals surface area contributed by atoms with E-state index in [1.807, 2.05) is 24.3 Å². The van der Waals surface area contributed by atoms with Crippen molar-refractivity contribution < 1.29 is 4.43 Å². The molecular weight excluding hydrogens is 292 g/mol. The van der Waals surface area contributed by atoms with Crippen molar-refractivity contribution in [1.82, 2.24) is 0 Å². The van der Waals surface area contributed by atoms with Crippen molar-refractivity contribution in [2.75, 3.05) is 0 Å². The van der Waals surface area contributed by atoms with Gasteiger partial charge < -0.3 is 4.43 Å². The minimum atomic E-state index is -1.77. The van der Waals surface area contributed by atoms with Crippen LogP contribution in [0.25, 0.3) is 0 Å². The Kier molecular flexibility index (Phi) is 4.47. The Morgan fingerprint density at radius 1 is 1.12 bits per heavy atom. The first-order chi connectivity index (χ1) is 7.67. The van der Waals surface area contributed by atoms with Crippen LogP contribution in [0.4, 0.5) is 0 Å². The molecule has 0 N–H and O–H groups in total. The Morgan fingerprint density at radius 3 is 2.00 bits per heavy atom. The van der Waals surface area contributed by atoms with E-state index in [-0.39, 0.29) is 5.04 Å². The molecule has 0 fully saturated rings. The van der Waals surface area contributed by atoms with Gasteiger partial charge in [0.05, 0.1) is 0 Å². The quantitative estimate of drug-likeness (QED) is 0.670. The number of hydrogen-bond acceptors (Lipinski definition) is 1. The molecule has 0 aliphatic carbocycles. The third-order valence-electron chi connectivity index (χ3n) is 4.18. The van der Waals surface area contributed by atoms with Gasteiger partial charge in [0.15, 0.2) is 0 Å². The molecular formula is C14H23BrOSi. The van der Waals surface area contributed by atoms with Crippen molar-refractivity contribution in [3.8, 4) is 5.75 Å². The fourth-order valence-electron chi connectivity index (χ4n) is 1.62. The van der Waals surface area contributed by atoms with Crippen LogP contribution in [0.3, 0.4) is 0 Å². The van der Waals surface area contributed by atoms with Gasteiger partial charge in [0.1, 0.15) is 5.75 Å². The number of hydrogen-bond donors (Lipinski definition) is 0. The largest absolute Gasteiger partial charge is 0.543 e. The van der Waals surface area contributed by atoms with Crippen LogP contribution in [0.5, 0.6) is 5.75 Å². The molecule has 1 nitrogen and oxygen atoms in total. The smallest absolute Gasteiger partial charge is 0.251 e. The van der Waals surface area contributed by atoms with Gasteiger partial charge in [-0.1, -0.05) is 43.6 Å². The van der Waals surface area contributed by atoms with Crippen molar-refractivity contribution in [3.63, 3.8) is 0 Å². The molecule has 0 radical (unpaired) electrons. The molecule has 96 valence electrons. The molecule has 0 atom stereocenters. The molecule has 0 amide bonds. The van der Waals surface area contributed by atoms with Crippen LogP contribution in [-0.2, 0) is 0 Å². The monoisotopic (exact) mass is 314 g/mol. The maximum Gasteiger partial charge on any atom is 0.251 e. The van der Waals surface area contributed by atoms with E-state index in [1.54, 1.807) is 0 Å². The third kappa shape index (κ3) is 3.35. The van der Waals surface area contributed by atoms with Gasteiger partial charge in [-0.2, -0.15) is 0 Å². The van der Waals surface area contributed by atoms with Gasteiger partial charge in [-0.25, -0.2) is 0 Å². The van der Waals surface area contributed by atoms with Crippen molar-refractivity contribution in [2.45, 2.75) is 45.8 Å². The van der Waals surface area contributed by atoms with Crippen LogP contribution in [-0.4, -0.2) is 8.32 Å². The number of benzene rings is 1. The van der Waals surface area contributed by atoms with Crippen molar-refractivity contribution >= 4 is 24.2 Å². The minimum absolute atomic E-state index is 0.250. The van der Waals surface area contributed by atoms with E-state index in [0.717, 1.165) is 10.2 Å². The Balaban J connectivity index is 2.89.